The molecule has 1 aromatic heterocycles. The number of nitrogens with zero attached hydrogens (tertiary/aromatic N) is 2. The molecule has 0 amide bonds. The summed E-state index contributed by atoms with van der Waals surface area (Å²) in [5, 5.41) is 0. The van der Waals surface area contributed by atoms with Crippen LogP contribution in [0.15, 0.2) is 36.4 Å². The number of esters is 1. The van der Waals surface area contributed by atoms with Crippen LogP contribution < -0.4 is 15.2 Å². The van der Waals surface area contributed by atoms with Crippen LogP contribution in [0.4, 0.5) is 5.95 Å². The van der Waals surface area contributed by atoms with Crippen LogP contribution in [0.25, 0.3) is 11.0 Å². The number of ether oxygens (including phenoxy) is 3. The highest BCUT2D eigenvalue weighted by Crippen LogP contribution is 2.28. The Morgan fingerprint density at radius 1 is 1.12 bits per heavy atom. The molecule has 0 spiro atoms. The van der Waals surface area contributed by atoms with Gasteiger partial charge in [0.05, 0.1) is 44.5 Å². The third kappa shape index (κ3) is 3.08. The van der Waals surface area contributed by atoms with E-state index in [-0.39, 0.29) is 0 Å². The van der Waals surface area contributed by atoms with E-state index in [9.17, 15) is 4.79 Å². The lowest BCUT2D eigenvalue weighted by Crippen LogP contribution is -2.06. The van der Waals surface area contributed by atoms with Gasteiger partial charge in [0.25, 0.3) is 0 Å². The molecule has 0 unspecified atom stereocenters. The first-order chi connectivity index (χ1) is 12.1. The zero-order valence-electron chi connectivity index (χ0n) is 14.3. The number of imidazole rings is 1. The van der Waals surface area contributed by atoms with Crippen LogP contribution in [0.1, 0.15) is 15.9 Å². The molecule has 3 aromatic rings. The zero-order valence-corrected chi connectivity index (χ0v) is 14.3. The molecule has 130 valence electrons. The molecule has 0 bridgehead atoms. The van der Waals surface area contributed by atoms with Crippen molar-refractivity contribution in [3.8, 4) is 11.5 Å². The monoisotopic (exact) mass is 341 g/mol. The number of aromatic nitrogens is 2. The molecule has 0 aliphatic heterocycles. The summed E-state index contributed by atoms with van der Waals surface area (Å²) in [7, 11) is 4.56. The second-order valence-electron chi connectivity index (χ2n) is 5.43. The Labute approximate surface area is 144 Å². The fourth-order valence-corrected chi connectivity index (χ4v) is 2.71. The number of hydrogen-bond donors (Lipinski definition) is 1. The summed E-state index contributed by atoms with van der Waals surface area (Å²) in [5.41, 5.74) is 8.90. The van der Waals surface area contributed by atoms with Crippen LogP contribution in [-0.4, -0.2) is 36.8 Å². The Balaban J connectivity index is 2.02. The van der Waals surface area contributed by atoms with E-state index in [0.29, 0.717) is 35.1 Å². The first-order valence-corrected chi connectivity index (χ1v) is 7.62. The molecule has 7 heteroatoms. The van der Waals surface area contributed by atoms with Gasteiger partial charge in [-0.3, -0.25) is 0 Å². The van der Waals surface area contributed by atoms with E-state index in [4.69, 9.17) is 19.9 Å². The van der Waals surface area contributed by atoms with Gasteiger partial charge in [0.2, 0.25) is 5.95 Å². The van der Waals surface area contributed by atoms with Gasteiger partial charge in [-0.2, -0.15) is 0 Å². The second-order valence-corrected chi connectivity index (χ2v) is 5.43. The first-order valence-electron chi connectivity index (χ1n) is 7.62. The van der Waals surface area contributed by atoms with Crippen molar-refractivity contribution >= 4 is 23.0 Å². The number of carbonyl (C=O) groups excluding carboxylic acids is 1. The standard InChI is InChI=1S/C18H19N3O4/c1-23-13-6-4-12(16(9-13)24-2)10-21-15-7-5-11(17(22)25-3)8-14(15)20-18(21)19/h4-9H,10H2,1-3H3,(H2,19,20). The number of anilines is 1. The van der Waals surface area contributed by atoms with E-state index in [2.05, 4.69) is 4.98 Å². The van der Waals surface area contributed by atoms with E-state index in [1.165, 1.54) is 7.11 Å². The Bertz CT molecular complexity index is 933. The van der Waals surface area contributed by atoms with E-state index in [0.717, 1.165) is 11.1 Å². The summed E-state index contributed by atoms with van der Waals surface area (Å²) >= 11 is 0. The summed E-state index contributed by atoms with van der Waals surface area (Å²) in [6.07, 6.45) is 0. The maximum Gasteiger partial charge on any atom is 0.337 e. The molecule has 0 atom stereocenters. The molecule has 25 heavy (non-hydrogen) atoms. The van der Waals surface area contributed by atoms with Gasteiger partial charge in [0, 0.05) is 11.6 Å². The van der Waals surface area contributed by atoms with Gasteiger partial charge >= 0.3 is 5.97 Å². The van der Waals surface area contributed by atoms with Crippen molar-refractivity contribution in [1.82, 2.24) is 9.55 Å². The van der Waals surface area contributed by atoms with Crippen LogP contribution in [0.2, 0.25) is 0 Å². The number of rotatable bonds is 5. The van der Waals surface area contributed by atoms with Gasteiger partial charge in [-0.1, -0.05) is 0 Å². The molecule has 0 fully saturated rings. The molecular weight excluding hydrogens is 322 g/mol. The highest BCUT2D eigenvalue weighted by atomic mass is 16.5. The number of benzene rings is 2. The number of carbonyl (C=O) groups is 1. The fraction of sp³-hybridized carbons (Fsp3) is 0.222. The molecule has 0 saturated carbocycles. The summed E-state index contributed by atoms with van der Waals surface area (Å²) in [6, 6.07) is 10.8. The first kappa shape index (κ1) is 16.6. The average molecular weight is 341 g/mol. The van der Waals surface area contributed by atoms with Crippen LogP contribution >= 0.6 is 0 Å². The SMILES string of the molecule is COC(=O)c1ccc2c(c1)nc(N)n2Cc1ccc(OC)cc1OC. The zero-order chi connectivity index (χ0) is 18.0. The summed E-state index contributed by atoms with van der Waals surface area (Å²) in [6.45, 7) is 0.479. The molecule has 0 saturated heterocycles. The average Bonchev–Trinajstić information content (AvgIpc) is 2.95. The van der Waals surface area contributed by atoms with Crippen molar-refractivity contribution in [3.63, 3.8) is 0 Å². The third-order valence-corrected chi connectivity index (χ3v) is 4.02. The quantitative estimate of drug-likeness (QED) is 0.717. The summed E-state index contributed by atoms with van der Waals surface area (Å²) in [4.78, 5) is 16.0. The number of nitrogen functional groups attached to an aromatic ring is 1. The lowest BCUT2D eigenvalue weighted by molar-refractivity contribution is 0.0601. The van der Waals surface area contributed by atoms with Gasteiger partial charge in [-0.25, -0.2) is 9.78 Å². The largest absolute Gasteiger partial charge is 0.497 e. The van der Waals surface area contributed by atoms with Crippen molar-refractivity contribution < 1.29 is 19.0 Å². The smallest absolute Gasteiger partial charge is 0.337 e. The Kier molecular flexibility index (Phi) is 4.47. The van der Waals surface area contributed by atoms with Crippen LogP contribution in [0, 0.1) is 0 Å². The lowest BCUT2D eigenvalue weighted by atomic mass is 10.1. The predicted octanol–water partition coefficient (Wildman–Crippen LogP) is 2.47. The molecule has 7 nitrogen and oxygen atoms in total. The van der Waals surface area contributed by atoms with Crippen molar-refractivity contribution in [2.24, 2.45) is 0 Å². The second kappa shape index (κ2) is 6.72. The van der Waals surface area contributed by atoms with Gasteiger partial charge in [0.1, 0.15) is 11.5 Å². The van der Waals surface area contributed by atoms with Crippen LogP contribution in [0.5, 0.6) is 11.5 Å². The lowest BCUT2D eigenvalue weighted by Gasteiger charge is -2.12. The van der Waals surface area contributed by atoms with Crippen molar-refractivity contribution in [1.29, 1.82) is 0 Å². The van der Waals surface area contributed by atoms with Crippen molar-refractivity contribution in [2.45, 2.75) is 6.54 Å². The van der Waals surface area contributed by atoms with E-state index in [1.807, 2.05) is 22.8 Å². The fourth-order valence-electron chi connectivity index (χ4n) is 2.71. The summed E-state index contributed by atoms with van der Waals surface area (Å²) in [5.74, 6) is 1.36. The maximum absolute atomic E-state index is 11.7. The minimum absolute atomic E-state index is 0.356. The number of hydrogen-bond acceptors (Lipinski definition) is 6. The predicted molar refractivity (Wildman–Crippen MR) is 94.1 cm³/mol. The molecule has 0 radical (unpaired) electrons. The number of fused-ring (bicyclic) bond motifs is 1. The van der Waals surface area contributed by atoms with Crippen molar-refractivity contribution in [2.75, 3.05) is 27.1 Å². The number of methoxy groups -OCH3 is 3. The Morgan fingerprint density at radius 3 is 2.60 bits per heavy atom. The van der Waals surface area contributed by atoms with E-state index in [1.54, 1.807) is 32.4 Å². The molecule has 2 aromatic carbocycles. The molecule has 2 N–H and O–H groups in total. The van der Waals surface area contributed by atoms with Gasteiger partial charge in [-0.05, 0) is 30.3 Å². The molecule has 0 aliphatic rings. The minimum atomic E-state index is -0.410. The number of nitrogens with two attached hydrogens (primary N) is 1. The Hall–Kier alpha value is -3.22. The molecular formula is C18H19N3O4. The van der Waals surface area contributed by atoms with E-state index < -0.39 is 5.97 Å². The minimum Gasteiger partial charge on any atom is -0.497 e. The van der Waals surface area contributed by atoms with Crippen molar-refractivity contribution in [3.05, 3.63) is 47.5 Å². The maximum atomic E-state index is 11.7. The molecule has 1 heterocycles. The topological polar surface area (TPSA) is 88.6 Å². The highest BCUT2D eigenvalue weighted by Gasteiger charge is 2.14. The van der Waals surface area contributed by atoms with Gasteiger partial charge < -0.3 is 24.5 Å². The third-order valence-electron chi connectivity index (χ3n) is 4.02. The van der Waals surface area contributed by atoms with Crippen LogP contribution in [0.3, 0.4) is 0 Å². The molecule has 0 aliphatic carbocycles. The summed E-state index contributed by atoms with van der Waals surface area (Å²) < 4.78 is 17.3. The normalized spacial score (nSPS) is 10.7. The van der Waals surface area contributed by atoms with Gasteiger partial charge in [0.15, 0.2) is 0 Å². The van der Waals surface area contributed by atoms with E-state index >= 15 is 0 Å². The van der Waals surface area contributed by atoms with Crippen LogP contribution in [-0.2, 0) is 11.3 Å². The molecule has 3 rings (SSSR count). The Morgan fingerprint density at radius 2 is 1.92 bits per heavy atom. The highest BCUT2D eigenvalue weighted by molar-refractivity contribution is 5.94. The van der Waals surface area contributed by atoms with Gasteiger partial charge in [-0.15, -0.1) is 0 Å².